The molecule has 0 aliphatic heterocycles. The molecule has 0 saturated heterocycles. The summed E-state index contributed by atoms with van der Waals surface area (Å²) in [5.41, 5.74) is 1.47. The van der Waals surface area contributed by atoms with Crippen LogP contribution >= 0.6 is 0 Å². The van der Waals surface area contributed by atoms with Gasteiger partial charge in [-0.25, -0.2) is 4.79 Å². The van der Waals surface area contributed by atoms with Crippen LogP contribution in [0.2, 0.25) is 0 Å². The molecule has 1 aromatic rings. The minimum Gasteiger partial charge on any atom is -0.478 e. The second-order valence-corrected chi connectivity index (χ2v) is 4.28. The van der Waals surface area contributed by atoms with Crippen molar-refractivity contribution >= 4 is 5.97 Å². The van der Waals surface area contributed by atoms with Gasteiger partial charge in [0.1, 0.15) is 0 Å². The third kappa shape index (κ3) is 4.57. The van der Waals surface area contributed by atoms with Gasteiger partial charge in [0.15, 0.2) is 0 Å². The van der Waals surface area contributed by atoms with Gasteiger partial charge in [0.05, 0.1) is 5.56 Å². The van der Waals surface area contributed by atoms with E-state index in [1.807, 2.05) is 12.1 Å². The van der Waals surface area contributed by atoms with E-state index < -0.39 is 5.97 Å². The first-order chi connectivity index (χ1) is 8.17. The number of aromatic carboxylic acids is 1. The second-order valence-electron chi connectivity index (χ2n) is 4.28. The van der Waals surface area contributed by atoms with E-state index in [1.54, 1.807) is 12.1 Å². The lowest BCUT2D eigenvalue weighted by Gasteiger charge is -2.15. The van der Waals surface area contributed by atoms with Gasteiger partial charge in [-0.05, 0) is 30.5 Å². The van der Waals surface area contributed by atoms with Crippen LogP contribution in [-0.4, -0.2) is 17.1 Å². The lowest BCUT2D eigenvalue weighted by atomic mass is 10.1. The van der Waals surface area contributed by atoms with Crippen molar-refractivity contribution in [1.29, 1.82) is 0 Å². The molecule has 17 heavy (non-hydrogen) atoms. The highest BCUT2D eigenvalue weighted by molar-refractivity contribution is 5.87. The van der Waals surface area contributed by atoms with Gasteiger partial charge in [-0.2, -0.15) is 0 Å². The Hall–Kier alpha value is -1.35. The van der Waals surface area contributed by atoms with E-state index in [4.69, 9.17) is 5.11 Å². The third-order valence-electron chi connectivity index (χ3n) is 2.93. The summed E-state index contributed by atoms with van der Waals surface area (Å²) in [4.78, 5) is 10.7. The molecule has 1 aromatic carbocycles. The zero-order valence-corrected chi connectivity index (χ0v) is 10.6. The maximum absolute atomic E-state index is 10.7. The van der Waals surface area contributed by atoms with E-state index in [-0.39, 0.29) is 0 Å². The maximum Gasteiger partial charge on any atom is 0.335 e. The first-order valence-corrected chi connectivity index (χ1v) is 6.23. The predicted molar refractivity (Wildman–Crippen MR) is 69.2 cm³/mol. The van der Waals surface area contributed by atoms with Crippen molar-refractivity contribution in [2.24, 2.45) is 0 Å². The highest BCUT2D eigenvalue weighted by atomic mass is 16.4. The van der Waals surface area contributed by atoms with Crippen LogP contribution in [0.5, 0.6) is 0 Å². The zero-order chi connectivity index (χ0) is 12.7. The van der Waals surface area contributed by atoms with Crippen molar-refractivity contribution in [2.75, 3.05) is 0 Å². The minimum atomic E-state index is -0.873. The zero-order valence-electron chi connectivity index (χ0n) is 10.6. The number of carboxylic acid groups (broad SMARTS) is 1. The van der Waals surface area contributed by atoms with Gasteiger partial charge >= 0.3 is 5.97 Å². The van der Waals surface area contributed by atoms with Gasteiger partial charge in [-0.1, -0.05) is 32.4 Å². The summed E-state index contributed by atoms with van der Waals surface area (Å²) in [5.74, 6) is -0.873. The van der Waals surface area contributed by atoms with Gasteiger partial charge in [0.25, 0.3) is 0 Å². The van der Waals surface area contributed by atoms with E-state index in [1.165, 1.54) is 12.8 Å². The van der Waals surface area contributed by atoms with Crippen molar-refractivity contribution in [1.82, 2.24) is 5.32 Å². The predicted octanol–water partition coefficient (Wildman–Crippen LogP) is 3.05. The molecule has 0 spiro atoms. The van der Waals surface area contributed by atoms with Crippen LogP contribution in [0.25, 0.3) is 0 Å². The largest absolute Gasteiger partial charge is 0.478 e. The van der Waals surface area contributed by atoms with Gasteiger partial charge in [0.2, 0.25) is 0 Å². The molecule has 0 bridgehead atoms. The molecule has 3 heteroatoms. The molecule has 1 unspecified atom stereocenters. The number of benzene rings is 1. The molecule has 2 N–H and O–H groups in total. The Balaban J connectivity index is 2.48. The first-order valence-electron chi connectivity index (χ1n) is 6.23. The van der Waals surface area contributed by atoms with E-state index >= 15 is 0 Å². The Bertz CT molecular complexity index is 346. The molecule has 1 rings (SSSR count). The van der Waals surface area contributed by atoms with Crippen LogP contribution in [0.1, 0.15) is 49.0 Å². The molecule has 0 saturated carbocycles. The quantitative estimate of drug-likeness (QED) is 0.763. The van der Waals surface area contributed by atoms with Crippen LogP contribution in [0, 0.1) is 0 Å². The SMILES string of the molecule is CCCC(CC)NCc1ccc(C(=O)O)cc1. The molecular weight excluding hydrogens is 214 g/mol. The molecule has 0 amide bonds. The lowest BCUT2D eigenvalue weighted by Crippen LogP contribution is -2.27. The molecule has 0 aromatic heterocycles. The van der Waals surface area contributed by atoms with Crippen molar-refractivity contribution < 1.29 is 9.90 Å². The van der Waals surface area contributed by atoms with Crippen LogP contribution in [0.4, 0.5) is 0 Å². The fourth-order valence-electron chi connectivity index (χ4n) is 1.83. The van der Waals surface area contributed by atoms with Crippen molar-refractivity contribution in [3.05, 3.63) is 35.4 Å². The molecule has 0 aliphatic rings. The number of rotatable bonds is 7. The summed E-state index contributed by atoms with van der Waals surface area (Å²) < 4.78 is 0. The number of hydrogen-bond acceptors (Lipinski definition) is 2. The number of carboxylic acids is 1. The van der Waals surface area contributed by atoms with Gasteiger partial charge in [-0.3, -0.25) is 0 Å². The fourth-order valence-corrected chi connectivity index (χ4v) is 1.83. The van der Waals surface area contributed by atoms with Crippen molar-refractivity contribution in [3.8, 4) is 0 Å². The molecule has 94 valence electrons. The highest BCUT2D eigenvalue weighted by Gasteiger charge is 2.05. The summed E-state index contributed by atoms with van der Waals surface area (Å²) in [6, 6.07) is 7.60. The van der Waals surface area contributed by atoms with Crippen LogP contribution in [0.3, 0.4) is 0 Å². The summed E-state index contributed by atoms with van der Waals surface area (Å²) >= 11 is 0. The normalized spacial score (nSPS) is 12.4. The number of carbonyl (C=O) groups is 1. The average molecular weight is 235 g/mol. The Kier molecular flexibility index (Phi) is 5.70. The summed E-state index contributed by atoms with van der Waals surface area (Å²) in [5, 5.41) is 12.3. The molecular formula is C14H21NO2. The Morgan fingerprint density at radius 1 is 1.29 bits per heavy atom. The van der Waals surface area contributed by atoms with E-state index in [0.29, 0.717) is 11.6 Å². The Morgan fingerprint density at radius 2 is 1.94 bits per heavy atom. The Morgan fingerprint density at radius 3 is 2.41 bits per heavy atom. The second kappa shape index (κ2) is 7.07. The topological polar surface area (TPSA) is 49.3 Å². The van der Waals surface area contributed by atoms with E-state index in [2.05, 4.69) is 19.2 Å². The smallest absolute Gasteiger partial charge is 0.335 e. The van der Waals surface area contributed by atoms with Crippen LogP contribution < -0.4 is 5.32 Å². The highest BCUT2D eigenvalue weighted by Crippen LogP contribution is 2.06. The summed E-state index contributed by atoms with van der Waals surface area (Å²) in [7, 11) is 0. The molecule has 0 fully saturated rings. The standard InChI is InChI=1S/C14H21NO2/c1-3-5-13(4-2)15-10-11-6-8-12(9-7-11)14(16)17/h6-9,13,15H,3-5,10H2,1-2H3,(H,16,17). The summed E-state index contributed by atoms with van der Waals surface area (Å²) in [6.07, 6.45) is 3.49. The van der Waals surface area contributed by atoms with Gasteiger partial charge < -0.3 is 10.4 Å². The molecule has 0 heterocycles. The molecule has 3 nitrogen and oxygen atoms in total. The van der Waals surface area contributed by atoms with E-state index in [9.17, 15) is 4.79 Å². The average Bonchev–Trinajstić information content (AvgIpc) is 2.35. The molecule has 0 radical (unpaired) electrons. The lowest BCUT2D eigenvalue weighted by molar-refractivity contribution is 0.0697. The Labute approximate surface area is 103 Å². The third-order valence-corrected chi connectivity index (χ3v) is 2.93. The molecule has 0 aliphatic carbocycles. The number of nitrogens with one attached hydrogen (secondary N) is 1. The fraction of sp³-hybridized carbons (Fsp3) is 0.500. The monoisotopic (exact) mass is 235 g/mol. The number of hydrogen-bond donors (Lipinski definition) is 2. The summed E-state index contributed by atoms with van der Waals surface area (Å²) in [6.45, 7) is 5.17. The maximum atomic E-state index is 10.7. The molecule has 1 atom stereocenters. The van der Waals surface area contributed by atoms with Gasteiger partial charge in [0, 0.05) is 12.6 Å². The van der Waals surface area contributed by atoms with E-state index in [0.717, 1.165) is 18.5 Å². The van der Waals surface area contributed by atoms with Crippen LogP contribution in [0.15, 0.2) is 24.3 Å². The van der Waals surface area contributed by atoms with Gasteiger partial charge in [-0.15, -0.1) is 0 Å². The van der Waals surface area contributed by atoms with Crippen LogP contribution in [-0.2, 0) is 6.54 Å². The van der Waals surface area contributed by atoms with Crippen molar-refractivity contribution in [2.45, 2.75) is 45.7 Å². The first kappa shape index (κ1) is 13.7. The van der Waals surface area contributed by atoms with Crippen molar-refractivity contribution in [3.63, 3.8) is 0 Å². The minimum absolute atomic E-state index is 0.342.